The molecule has 0 bridgehead atoms. The van der Waals surface area contributed by atoms with Gasteiger partial charge < -0.3 is 14.8 Å². The Morgan fingerprint density at radius 1 is 1.18 bits per heavy atom. The zero-order chi connectivity index (χ0) is 20.1. The molecule has 0 radical (unpaired) electrons. The van der Waals surface area contributed by atoms with Crippen molar-refractivity contribution in [1.29, 1.82) is 0 Å². The van der Waals surface area contributed by atoms with E-state index in [-0.39, 0.29) is 11.6 Å². The molecule has 1 heterocycles. The van der Waals surface area contributed by atoms with Crippen molar-refractivity contribution < 1.29 is 13.9 Å². The highest BCUT2D eigenvalue weighted by atomic mass is 35.5. The predicted molar refractivity (Wildman–Crippen MR) is 105 cm³/mol. The van der Waals surface area contributed by atoms with Crippen LogP contribution >= 0.6 is 23.2 Å². The summed E-state index contributed by atoms with van der Waals surface area (Å²) >= 11 is 12.4. The number of ether oxygens (including phenoxy) is 2. The quantitative estimate of drug-likeness (QED) is 0.578. The van der Waals surface area contributed by atoms with Crippen LogP contribution in [0.5, 0.6) is 11.5 Å². The third kappa shape index (κ3) is 4.63. The zero-order valence-corrected chi connectivity index (χ0v) is 16.8. The summed E-state index contributed by atoms with van der Waals surface area (Å²) in [5, 5.41) is 15.2. The van der Waals surface area contributed by atoms with E-state index in [0.717, 1.165) is 5.56 Å². The summed E-state index contributed by atoms with van der Waals surface area (Å²) in [7, 11) is 1.53. The highest BCUT2D eigenvalue weighted by Gasteiger charge is 2.14. The molecule has 1 aromatic heterocycles. The first kappa shape index (κ1) is 20.2. The van der Waals surface area contributed by atoms with Gasteiger partial charge in [0.05, 0.1) is 17.2 Å². The molecule has 3 rings (SSSR count). The standard InChI is InChI=1S/C18H18Cl2FN5O2/c1-3-26-18(23-24-25-26)22-9-11-6-15(20)17(16(7-11)27-2)28-10-12-4-5-13(21)8-14(12)19/h4-8H,3,9-10H2,1-2H3,(H,22,23,25). The van der Waals surface area contributed by atoms with E-state index in [1.54, 1.807) is 22.9 Å². The first-order chi connectivity index (χ1) is 13.5. The number of rotatable bonds is 8. The average molecular weight is 426 g/mol. The largest absolute Gasteiger partial charge is 0.493 e. The van der Waals surface area contributed by atoms with Crippen molar-refractivity contribution in [2.24, 2.45) is 0 Å². The Morgan fingerprint density at radius 3 is 2.71 bits per heavy atom. The van der Waals surface area contributed by atoms with Gasteiger partial charge in [-0.25, -0.2) is 9.07 Å². The smallest absolute Gasteiger partial charge is 0.243 e. The fraction of sp³-hybridized carbons (Fsp3) is 0.278. The third-order valence-corrected chi connectivity index (χ3v) is 4.59. The molecule has 0 saturated carbocycles. The van der Waals surface area contributed by atoms with Crippen LogP contribution in [-0.2, 0) is 19.7 Å². The van der Waals surface area contributed by atoms with Gasteiger partial charge in [0.2, 0.25) is 5.95 Å². The van der Waals surface area contributed by atoms with E-state index in [9.17, 15) is 4.39 Å². The van der Waals surface area contributed by atoms with Gasteiger partial charge in [-0.3, -0.25) is 0 Å². The second-order valence-corrected chi connectivity index (χ2v) is 6.62. The van der Waals surface area contributed by atoms with Crippen LogP contribution < -0.4 is 14.8 Å². The Morgan fingerprint density at radius 2 is 2.00 bits per heavy atom. The highest BCUT2D eigenvalue weighted by molar-refractivity contribution is 6.32. The number of tetrazole rings is 1. The van der Waals surface area contributed by atoms with Crippen LogP contribution in [0.4, 0.5) is 10.3 Å². The lowest BCUT2D eigenvalue weighted by Crippen LogP contribution is -2.08. The fourth-order valence-electron chi connectivity index (χ4n) is 2.53. The molecule has 10 heteroatoms. The molecular formula is C18H18Cl2FN5O2. The van der Waals surface area contributed by atoms with E-state index >= 15 is 0 Å². The molecule has 0 saturated heterocycles. The Bertz CT molecular complexity index is 967. The van der Waals surface area contributed by atoms with Crippen LogP contribution in [0.2, 0.25) is 10.0 Å². The van der Waals surface area contributed by atoms with E-state index in [4.69, 9.17) is 32.7 Å². The fourth-order valence-corrected chi connectivity index (χ4v) is 3.04. The molecule has 0 unspecified atom stereocenters. The van der Waals surface area contributed by atoms with E-state index < -0.39 is 5.82 Å². The summed E-state index contributed by atoms with van der Waals surface area (Å²) in [5.41, 5.74) is 1.50. The van der Waals surface area contributed by atoms with Crippen molar-refractivity contribution in [1.82, 2.24) is 20.2 Å². The second kappa shape index (κ2) is 9.07. The Kier molecular flexibility index (Phi) is 6.53. The van der Waals surface area contributed by atoms with Gasteiger partial charge in [0.15, 0.2) is 11.5 Å². The number of aromatic nitrogens is 4. The second-order valence-electron chi connectivity index (χ2n) is 5.81. The lowest BCUT2D eigenvalue weighted by atomic mass is 10.2. The number of nitrogens with zero attached hydrogens (tertiary/aromatic N) is 4. The zero-order valence-electron chi connectivity index (χ0n) is 15.2. The van der Waals surface area contributed by atoms with E-state index in [1.165, 1.54) is 19.2 Å². The number of anilines is 1. The minimum Gasteiger partial charge on any atom is -0.493 e. The van der Waals surface area contributed by atoms with Crippen molar-refractivity contribution in [2.45, 2.75) is 26.6 Å². The van der Waals surface area contributed by atoms with Gasteiger partial charge in [0.1, 0.15) is 12.4 Å². The molecule has 2 aromatic carbocycles. The number of halogens is 3. The minimum atomic E-state index is -0.407. The molecule has 0 atom stereocenters. The van der Waals surface area contributed by atoms with Crippen LogP contribution in [0.1, 0.15) is 18.1 Å². The number of methoxy groups -OCH3 is 1. The van der Waals surface area contributed by atoms with Crippen molar-refractivity contribution in [3.05, 3.63) is 57.3 Å². The van der Waals surface area contributed by atoms with Crippen molar-refractivity contribution in [3.63, 3.8) is 0 Å². The van der Waals surface area contributed by atoms with Crippen molar-refractivity contribution in [2.75, 3.05) is 12.4 Å². The maximum atomic E-state index is 13.2. The number of benzene rings is 2. The number of aryl methyl sites for hydroxylation is 1. The van der Waals surface area contributed by atoms with Gasteiger partial charge >= 0.3 is 0 Å². The topological polar surface area (TPSA) is 74.1 Å². The summed E-state index contributed by atoms with van der Waals surface area (Å²) in [6, 6.07) is 7.69. The van der Waals surface area contributed by atoms with Gasteiger partial charge in [-0.15, -0.1) is 0 Å². The maximum Gasteiger partial charge on any atom is 0.243 e. The van der Waals surface area contributed by atoms with Gasteiger partial charge in [-0.1, -0.05) is 34.4 Å². The molecule has 0 spiro atoms. The molecule has 3 aromatic rings. The maximum absolute atomic E-state index is 13.2. The number of hydrogen-bond acceptors (Lipinski definition) is 6. The van der Waals surface area contributed by atoms with Crippen LogP contribution in [0.3, 0.4) is 0 Å². The van der Waals surface area contributed by atoms with Crippen molar-refractivity contribution >= 4 is 29.2 Å². The molecular weight excluding hydrogens is 408 g/mol. The SMILES string of the molecule is CCn1nnnc1NCc1cc(Cl)c(OCc2ccc(F)cc2Cl)c(OC)c1. The highest BCUT2D eigenvalue weighted by Crippen LogP contribution is 2.37. The van der Waals surface area contributed by atoms with Crippen LogP contribution in [0.25, 0.3) is 0 Å². The summed E-state index contributed by atoms with van der Waals surface area (Å²) in [5.74, 6) is 1.00. The number of nitrogens with one attached hydrogen (secondary N) is 1. The van der Waals surface area contributed by atoms with Crippen LogP contribution in [0, 0.1) is 5.82 Å². The Labute approximate surface area is 171 Å². The summed E-state index contributed by atoms with van der Waals surface area (Å²) < 4.78 is 26.0. The molecule has 7 nitrogen and oxygen atoms in total. The molecule has 148 valence electrons. The van der Waals surface area contributed by atoms with E-state index in [1.807, 2.05) is 6.92 Å². The Hall–Kier alpha value is -2.58. The van der Waals surface area contributed by atoms with Crippen molar-refractivity contribution in [3.8, 4) is 11.5 Å². The first-order valence-electron chi connectivity index (χ1n) is 8.45. The van der Waals surface area contributed by atoms with Crippen LogP contribution in [-0.4, -0.2) is 27.3 Å². The van der Waals surface area contributed by atoms with E-state index in [2.05, 4.69) is 20.8 Å². The van der Waals surface area contributed by atoms with Gasteiger partial charge in [0.25, 0.3) is 0 Å². The summed E-state index contributed by atoms with van der Waals surface area (Å²) in [6.07, 6.45) is 0. The number of hydrogen-bond donors (Lipinski definition) is 1. The molecule has 0 aliphatic rings. The third-order valence-electron chi connectivity index (χ3n) is 3.96. The summed E-state index contributed by atoms with van der Waals surface area (Å²) in [4.78, 5) is 0. The lowest BCUT2D eigenvalue weighted by molar-refractivity contribution is 0.284. The molecule has 0 fully saturated rings. The normalized spacial score (nSPS) is 10.8. The molecule has 1 N–H and O–H groups in total. The predicted octanol–water partition coefficient (Wildman–Crippen LogP) is 4.34. The lowest BCUT2D eigenvalue weighted by Gasteiger charge is -2.15. The van der Waals surface area contributed by atoms with Gasteiger partial charge in [-0.2, -0.15) is 0 Å². The molecule has 0 aliphatic carbocycles. The summed E-state index contributed by atoms with van der Waals surface area (Å²) in [6.45, 7) is 3.16. The van der Waals surface area contributed by atoms with E-state index in [0.29, 0.717) is 41.1 Å². The monoisotopic (exact) mass is 425 g/mol. The Balaban J connectivity index is 1.73. The van der Waals surface area contributed by atoms with Crippen LogP contribution in [0.15, 0.2) is 30.3 Å². The average Bonchev–Trinajstić information content (AvgIpc) is 3.14. The first-order valence-corrected chi connectivity index (χ1v) is 9.20. The van der Waals surface area contributed by atoms with Gasteiger partial charge in [0, 0.05) is 18.7 Å². The molecule has 28 heavy (non-hydrogen) atoms. The molecule has 0 aliphatic heterocycles. The van der Waals surface area contributed by atoms with Gasteiger partial charge in [-0.05, 0) is 47.2 Å². The molecule has 0 amide bonds. The minimum absolute atomic E-state index is 0.123.